The number of hydrogen-bond acceptors (Lipinski definition) is 3. The maximum atomic E-state index is 11.6. The van der Waals surface area contributed by atoms with Crippen molar-refractivity contribution >= 4 is 40.8 Å². The Labute approximate surface area is 121 Å². The summed E-state index contributed by atoms with van der Waals surface area (Å²) in [6, 6.07) is 4.75. The molecular formula is C13H13Cl2NO3. The number of anilines is 1. The number of rotatable bonds is 4. The number of esters is 1. The highest BCUT2D eigenvalue weighted by molar-refractivity contribution is 6.42. The lowest BCUT2D eigenvalue weighted by atomic mass is 9.86. The molecule has 1 fully saturated rings. The second-order valence-corrected chi connectivity index (χ2v) is 5.23. The summed E-state index contributed by atoms with van der Waals surface area (Å²) in [5.74, 6) is -0.723. The molecule has 4 nitrogen and oxygen atoms in total. The Morgan fingerprint density at radius 3 is 2.58 bits per heavy atom. The molecule has 0 unspecified atom stereocenters. The van der Waals surface area contributed by atoms with Crippen LogP contribution in [0.5, 0.6) is 0 Å². The van der Waals surface area contributed by atoms with E-state index in [1.165, 1.54) is 6.07 Å². The summed E-state index contributed by atoms with van der Waals surface area (Å²) >= 11 is 11.6. The SMILES string of the molecule is O=C(COC(=O)C1CCC1)Nc1ccc(Cl)c(Cl)c1. The van der Waals surface area contributed by atoms with Gasteiger partial charge in [-0.2, -0.15) is 0 Å². The lowest BCUT2D eigenvalue weighted by Gasteiger charge is -2.22. The summed E-state index contributed by atoms with van der Waals surface area (Å²) in [6.45, 7) is -0.282. The van der Waals surface area contributed by atoms with E-state index >= 15 is 0 Å². The van der Waals surface area contributed by atoms with E-state index in [4.69, 9.17) is 27.9 Å². The molecular weight excluding hydrogens is 289 g/mol. The zero-order chi connectivity index (χ0) is 13.8. The molecule has 19 heavy (non-hydrogen) atoms. The second kappa shape index (κ2) is 6.26. The van der Waals surface area contributed by atoms with Crippen molar-refractivity contribution in [1.82, 2.24) is 0 Å². The van der Waals surface area contributed by atoms with Gasteiger partial charge in [-0.3, -0.25) is 9.59 Å². The monoisotopic (exact) mass is 301 g/mol. The molecule has 1 N–H and O–H groups in total. The zero-order valence-corrected chi connectivity index (χ0v) is 11.6. The first kappa shape index (κ1) is 14.2. The normalized spacial score (nSPS) is 14.6. The van der Waals surface area contributed by atoms with Gasteiger partial charge in [-0.1, -0.05) is 29.6 Å². The van der Waals surface area contributed by atoms with Gasteiger partial charge >= 0.3 is 5.97 Å². The van der Waals surface area contributed by atoms with E-state index in [2.05, 4.69) is 5.32 Å². The Balaban J connectivity index is 1.80. The molecule has 6 heteroatoms. The molecule has 0 spiro atoms. The molecule has 1 amide bonds. The Hall–Kier alpha value is -1.26. The van der Waals surface area contributed by atoms with Gasteiger partial charge in [0.2, 0.25) is 0 Å². The molecule has 0 atom stereocenters. The van der Waals surface area contributed by atoms with Crippen LogP contribution in [-0.4, -0.2) is 18.5 Å². The number of ether oxygens (including phenoxy) is 1. The van der Waals surface area contributed by atoms with Gasteiger partial charge in [0.25, 0.3) is 5.91 Å². The van der Waals surface area contributed by atoms with Crippen molar-refractivity contribution in [1.29, 1.82) is 0 Å². The number of amides is 1. The largest absolute Gasteiger partial charge is 0.455 e. The maximum Gasteiger partial charge on any atom is 0.309 e. The third-order valence-electron chi connectivity index (χ3n) is 2.99. The van der Waals surface area contributed by atoms with Crippen molar-refractivity contribution in [2.24, 2.45) is 5.92 Å². The Kier molecular flexibility index (Phi) is 4.66. The van der Waals surface area contributed by atoms with Crippen LogP contribution >= 0.6 is 23.2 Å². The van der Waals surface area contributed by atoms with Crippen molar-refractivity contribution in [2.75, 3.05) is 11.9 Å². The van der Waals surface area contributed by atoms with Gasteiger partial charge in [-0.25, -0.2) is 0 Å². The van der Waals surface area contributed by atoms with Crippen LogP contribution < -0.4 is 5.32 Å². The van der Waals surface area contributed by atoms with E-state index in [9.17, 15) is 9.59 Å². The first-order valence-corrected chi connectivity index (χ1v) is 6.73. The first-order valence-electron chi connectivity index (χ1n) is 5.98. The average Bonchev–Trinajstić information content (AvgIpc) is 2.29. The molecule has 0 bridgehead atoms. The Bertz CT molecular complexity index is 501. The van der Waals surface area contributed by atoms with Crippen LogP contribution in [0, 0.1) is 5.92 Å². The van der Waals surface area contributed by atoms with E-state index in [0.717, 1.165) is 19.3 Å². The van der Waals surface area contributed by atoms with Crippen LogP contribution in [0.4, 0.5) is 5.69 Å². The molecule has 1 aliphatic carbocycles. The van der Waals surface area contributed by atoms with Crippen molar-refractivity contribution < 1.29 is 14.3 Å². The minimum Gasteiger partial charge on any atom is -0.455 e. The van der Waals surface area contributed by atoms with Gasteiger partial charge in [-0.05, 0) is 31.0 Å². The second-order valence-electron chi connectivity index (χ2n) is 4.41. The highest BCUT2D eigenvalue weighted by Gasteiger charge is 2.27. The van der Waals surface area contributed by atoms with Gasteiger partial charge in [0.1, 0.15) is 0 Å². The van der Waals surface area contributed by atoms with Crippen LogP contribution in [0.25, 0.3) is 0 Å². The fraction of sp³-hybridized carbons (Fsp3) is 0.385. The van der Waals surface area contributed by atoms with Crippen molar-refractivity contribution in [3.63, 3.8) is 0 Å². The molecule has 1 saturated carbocycles. The molecule has 0 aliphatic heterocycles. The van der Waals surface area contributed by atoms with E-state index in [1.54, 1.807) is 12.1 Å². The summed E-state index contributed by atoms with van der Waals surface area (Å²) in [5, 5.41) is 3.35. The fourth-order valence-corrected chi connectivity index (χ4v) is 1.97. The number of halogens is 2. The van der Waals surface area contributed by atoms with Gasteiger partial charge in [0.15, 0.2) is 6.61 Å². The molecule has 0 saturated heterocycles. The van der Waals surface area contributed by atoms with Crippen LogP contribution in [0.1, 0.15) is 19.3 Å². The first-order chi connectivity index (χ1) is 9.06. The molecule has 1 aromatic carbocycles. The van der Waals surface area contributed by atoms with Crippen molar-refractivity contribution in [3.05, 3.63) is 28.2 Å². The fourth-order valence-electron chi connectivity index (χ4n) is 1.67. The summed E-state index contributed by atoms with van der Waals surface area (Å²) in [5.41, 5.74) is 0.513. The highest BCUT2D eigenvalue weighted by Crippen LogP contribution is 2.27. The van der Waals surface area contributed by atoms with E-state index < -0.39 is 5.91 Å². The Morgan fingerprint density at radius 2 is 2.00 bits per heavy atom. The lowest BCUT2D eigenvalue weighted by Crippen LogP contribution is -2.28. The zero-order valence-electron chi connectivity index (χ0n) is 10.1. The van der Waals surface area contributed by atoms with E-state index in [1.807, 2.05) is 0 Å². The molecule has 102 valence electrons. The third-order valence-corrected chi connectivity index (χ3v) is 3.73. The quantitative estimate of drug-likeness (QED) is 0.868. The number of carbonyl (C=O) groups excluding carboxylic acids is 2. The van der Waals surface area contributed by atoms with Crippen LogP contribution in [0.3, 0.4) is 0 Å². The lowest BCUT2D eigenvalue weighted by molar-refractivity contribution is -0.154. The van der Waals surface area contributed by atoms with E-state index in [0.29, 0.717) is 15.7 Å². The molecule has 0 radical (unpaired) electrons. The van der Waals surface area contributed by atoms with E-state index in [-0.39, 0.29) is 18.5 Å². The molecule has 0 aromatic heterocycles. The summed E-state index contributed by atoms with van der Waals surface area (Å²) in [4.78, 5) is 23.0. The van der Waals surface area contributed by atoms with Crippen LogP contribution in [0.15, 0.2) is 18.2 Å². The maximum absolute atomic E-state index is 11.6. The summed E-state index contributed by atoms with van der Waals surface area (Å²) in [6.07, 6.45) is 2.76. The summed E-state index contributed by atoms with van der Waals surface area (Å²) in [7, 11) is 0. The van der Waals surface area contributed by atoms with Crippen LogP contribution in [-0.2, 0) is 14.3 Å². The van der Waals surface area contributed by atoms with Crippen LogP contribution in [0.2, 0.25) is 10.0 Å². The minimum atomic E-state index is -0.397. The number of hydrogen-bond donors (Lipinski definition) is 1. The number of nitrogens with one attached hydrogen (secondary N) is 1. The average molecular weight is 302 g/mol. The molecule has 0 heterocycles. The summed E-state index contributed by atoms with van der Waals surface area (Å²) < 4.78 is 4.92. The smallest absolute Gasteiger partial charge is 0.309 e. The minimum absolute atomic E-state index is 0.0298. The third kappa shape index (κ3) is 3.85. The highest BCUT2D eigenvalue weighted by atomic mass is 35.5. The number of benzene rings is 1. The van der Waals surface area contributed by atoms with Gasteiger partial charge in [0.05, 0.1) is 16.0 Å². The van der Waals surface area contributed by atoms with Gasteiger partial charge in [-0.15, -0.1) is 0 Å². The standard InChI is InChI=1S/C13H13Cl2NO3/c14-10-5-4-9(6-11(10)15)16-12(17)7-19-13(18)8-2-1-3-8/h4-6,8H,1-3,7H2,(H,16,17). The predicted octanol–water partition coefficient (Wildman–Crippen LogP) is 3.28. The topological polar surface area (TPSA) is 55.4 Å². The van der Waals surface area contributed by atoms with Crippen molar-refractivity contribution in [3.8, 4) is 0 Å². The van der Waals surface area contributed by atoms with Gasteiger partial charge in [0, 0.05) is 5.69 Å². The Morgan fingerprint density at radius 1 is 1.26 bits per heavy atom. The molecule has 2 rings (SSSR count). The number of carbonyl (C=O) groups is 2. The molecule has 1 aliphatic rings. The predicted molar refractivity (Wildman–Crippen MR) is 73.4 cm³/mol. The van der Waals surface area contributed by atoms with Gasteiger partial charge < -0.3 is 10.1 Å². The van der Waals surface area contributed by atoms with Crippen molar-refractivity contribution in [2.45, 2.75) is 19.3 Å². The molecule has 1 aromatic rings.